The maximum atomic E-state index is 8.92. The van der Waals surface area contributed by atoms with E-state index in [2.05, 4.69) is 35.7 Å². The Kier molecular flexibility index (Phi) is 5.16. The third-order valence-corrected chi connectivity index (χ3v) is 3.10. The standard InChI is InChI=1S/C17H18N2/c18-12-11-17(13-15-7-3-1-4-8-15)19-14-16-9-5-2-6-10-16/h1-10,17,19H,11,13-14H2/t17-/m1/s1. The van der Waals surface area contributed by atoms with Gasteiger partial charge in [-0.25, -0.2) is 0 Å². The monoisotopic (exact) mass is 250 g/mol. The van der Waals surface area contributed by atoms with Crippen molar-refractivity contribution in [1.29, 1.82) is 5.26 Å². The zero-order valence-corrected chi connectivity index (χ0v) is 10.9. The van der Waals surface area contributed by atoms with E-state index in [1.807, 2.05) is 36.4 Å². The van der Waals surface area contributed by atoms with E-state index in [4.69, 9.17) is 5.26 Å². The SMILES string of the molecule is N#CC[C@H](Cc1ccccc1)NCc1ccccc1. The predicted molar refractivity (Wildman–Crippen MR) is 77.4 cm³/mol. The highest BCUT2D eigenvalue weighted by molar-refractivity contribution is 5.17. The third-order valence-electron chi connectivity index (χ3n) is 3.10. The van der Waals surface area contributed by atoms with Crippen LogP contribution in [-0.2, 0) is 13.0 Å². The Morgan fingerprint density at radius 1 is 0.895 bits per heavy atom. The highest BCUT2D eigenvalue weighted by Gasteiger charge is 2.08. The lowest BCUT2D eigenvalue weighted by Crippen LogP contribution is -2.30. The molecule has 2 heteroatoms. The van der Waals surface area contributed by atoms with E-state index < -0.39 is 0 Å². The summed E-state index contributed by atoms with van der Waals surface area (Å²) in [4.78, 5) is 0. The quantitative estimate of drug-likeness (QED) is 0.853. The Morgan fingerprint density at radius 2 is 1.47 bits per heavy atom. The van der Waals surface area contributed by atoms with E-state index in [-0.39, 0.29) is 6.04 Å². The van der Waals surface area contributed by atoms with Gasteiger partial charge in [0.1, 0.15) is 0 Å². The molecule has 0 heterocycles. The molecule has 1 N–H and O–H groups in total. The number of nitriles is 1. The number of nitrogens with zero attached hydrogens (tertiary/aromatic N) is 1. The number of nitrogens with one attached hydrogen (secondary N) is 1. The molecule has 0 aromatic heterocycles. The maximum absolute atomic E-state index is 8.92. The lowest BCUT2D eigenvalue weighted by atomic mass is 10.0. The fraction of sp³-hybridized carbons (Fsp3) is 0.235. The van der Waals surface area contributed by atoms with Gasteiger partial charge in [-0.3, -0.25) is 0 Å². The minimum absolute atomic E-state index is 0.201. The summed E-state index contributed by atoms with van der Waals surface area (Å²) < 4.78 is 0. The second-order valence-electron chi connectivity index (χ2n) is 4.62. The van der Waals surface area contributed by atoms with Crippen LogP contribution in [0.2, 0.25) is 0 Å². The van der Waals surface area contributed by atoms with Gasteiger partial charge in [0, 0.05) is 12.6 Å². The molecule has 2 aromatic rings. The van der Waals surface area contributed by atoms with Crippen LogP contribution < -0.4 is 5.32 Å². The number of hydrogen-bond acceptors (Lipinski definition) is 2. The van der Waals surface area contributed by atoms with Gasteiger partial charge >= 0.3 is 0 Å². The summed E-state index contributed by atoms with van der Waals surface area (Å²) in [6, 6.07) is 23.0. The van der Waals surface area contributed by atoms with Crippen LogP contribution >= 0.6 is 0 Å². The molecule has 19 heavy (non-hydrogen) atoms. The normalized spacial score (nSPS) is 11.7. The van der Waals surface area contributed by atoms with Gasteiger partial charge in [-0.2, -0.15) is 5.26 Å². The molecule has 0 aliphatic rings. The average molecular weight is 250 g/mol. The van der Waals surface area contributed by atoms with Gasteiger partial charge in [-0.05, 0) is 17.5 Å². The van der Waals surface area contributed by atoms with Crippen molar-refractivity contribution < 1.29 is 0 Å². The third kappa shape index (κ3) is 4.57. The Labute approximate surface area is 114 Å². The van der Waals surface area contributed by atoms with Gasteiger partial charge in [0.05, 0.1) is 12.5 Å². The molecule has 2 nitrogen and oxygen atoms in total. The molecule has 2 rings (SSSR count). The minimum Gasteiger partial charge on any atom is -0.309 e. The van der Waals surface area contributed by atoms with E-state index in [1.165, 1.54) is 11.1 Å². The molecule has 0 aliphatic heterocycles. The van der Waals surface area contributed by atoms with E-state index >= 15 is 0 Å². The Balaban J connectivity index is 1.91. The summed E-state index contributed by atoms with van der Waals surface area (Å²) >= 11 is 0. The van der Waals surface area contributed by atoms with E-state index in [0.29, 0.717) is 6.42 Å². The van der Waals surface area contributed by atoms with Gasteiger partial charge in [0.15, 0.2) is 0 Å². The molecule has 2 aromatic carbocycles. The van der Waals surface area contributed by atoms with E-state index in [0.717, 1.165) is 13.0 Å². The molecule has 96 valence electrons. The maximum Gasteiger partial charge on any atom is 0.0638 e. The number of hydrogen-bond donors (Lipinski definition) is 1. The summed E-state index contributed by atoms with van der Waals surface area (Å²) in [6.07, 6.45) is 1.42. The molecular formula is C17H18N2. The van der Waals surface area contributed by atoms with Gasteiger partial charge in [-0.1, -0.05) is 60.7 Å². The molecule has 0 aliphatic carbocycles. The van der Waals surface area contributed by atoms with Crippen LogP contribution in [0, 0.1) is 11.3 Å². The Morgan fingerprint density at radius 3 is 2.05 bits per heavy atom. The molecule has 0 amide bonds. The number of benzene rings is 2. The molecule has 0 saturated heterocycles. The van der Waals surface area contributed by atoms with Crippen molar-refractivity contribution in [3.05, 3.63) is 71.8 Å². The van der Waals surface area contributed by atoms with Gasteiger partial charge in [0.2, 0.25) is 0 Å². The number of rotatable bonds is 6. The van der Waals surface area contributed by atoms with Crippen molar-refractivity contribution in [1.82, 2.24) is 5.32 Å². The van der Waals surface area contributed by atoms with Crippen LogP contribution in [0.15, 0.2) is 60.7 Å². The Hall–Kier alpha value is -2.11. The molecule has 0 fully saturated rings. The minimum atomic E-state index is 0.201. The zero-order valence-electron chi connectivity index (χ0n) is 10.9. The molecule has 0 bridgehead atoms. The van der Waals surface area contributed by atoms with Crippen molar-refractivity contribution in [3.63, 3.8) is 0 Å². The molecule has 1 atom stereocenters. The van der Waals surface area contributed by atoms with Gasteiger partial charge < -0.3 is 5.32 Å². The molecule has 0 saturated carbocycles. The first kappa shape index (κ1) is 13.3. The largest absolute Gasteiger partial charge is 0.309 e. The summed E-state index contributed by atoms with van der Waals surface area (Å²) in [5.74, 6) is 0. The summed E-state index contributed by atoms with van der Waals surface area (Å²) in [6.45, 7) is 0.806. The summed E-state index contributed by atoms with van der Waals surface area (Å²) in [5, 5.41) is 12.4. The summed E-state index contributed by atoms with van der Waals surface area (Å²) in [5.41, 5.74) is 2.52. The van der Waals surface area contributed by atoms with E-state index in [1.54, 1.807) is 0 Å². The van der Waals surface area contributed by atoms with Crippen LogP contribution in [-0.4, -0.2) is 6.04 Å². The Bertz CT molecular complexity index is 514. The average Bonchev–Trinajstić information content (AvgIpc) is 2.47. The molecular weight excluding hydrogens is 232 g/mol. The van der Waals surface area contributed by atoms with E-state index in [9.17, 15) is 0 Å². The van der Waals surface area contributed by atoms with Crippen LogP contribution in [0.4, 0.5) is 0 Å². The van der Waals surface area contributed by atoms with Gasteiger partial charge in [0.25, 0.3) is 0 Å². The smallest absolute Gasteiger partial charge is 0.0638 e. The van der Waals surface area contributed by atoms with Crippen molar-refractivity contribution in [2.24, 2.45) is 0 Å². The zero-order chi connectivity index (χ0) is 13.3. The highest BCUT2D eigenvalue weighted by atomic mass is 14.9. The van der Waals surface area contributed by atoms with Crippen molar-refractivity contribution >= 4 is 0 Å². The fourth-order valence-electron chi connectivity index (χ4n) is 2.08. The topological polar surface area (TPSA) is 35.8 Å². The van der Waals surface area contributed by atoms with Crippen LogP contribution in [0.1, 0.15) is 17.5 Å². The lowest BCUT2D eigenvalue weighted by Gasteiger charge is -2.16. The molecule has 0 unspecified atom stereocenters. The first-order chi connectivity index (χ1) is 9.38. The second kappa shape index (κ2) is 7.35. The van der Waals surface area contributed by atoms with Crippen molar-refractivity contribution in [3.8, 4) is 6.07 Å². The van der Waals surface area contributed by atoms with Gasteiger partial charge in [-0.15, -0.1) is 0 Å². The fourth-order valence-corrected chi connectivity index (χ4v) is 2.08. The van der Waals surface area contributed by atoms with Crippen molar-refractivity contribution in [2.45, 2.75) is 25.4 Å². The summed E-state index contributed by atoms with van der Waals surface area (Å²) in [7, 11) is 0. The lowest BCUT2D eigenvalue weighted by molar-refractivity contribution is 0.515. The van der Waals surface area contributed by atoms with Crippen LogP contribution in [0.5, 0.6) is 0 Å². The molecule has 0 spiro atoms. The van der Waals surface area contributed by atoms with Crippen LogP contribution in [0.3, 0.4) is 0 Å². The first-order valence-electron chi connectivity index (χ1n) is 6.56. The first-order valence-corrected chi connectivity index (χ1v) is 6.56. The highest BCUT2D eigenvalue weighted by Crippen LogP contribution is 2.07. The molecule has 0 radical (unpaired) electrons. The van der Waals surface area contributed by atoms with Crippen molar-refractivity contribution in [2.75, 3.05) is 0 Å². The van der Waals surface area contributed by atoms with Crippen LogP contribution in [0.25, 0.3) is 0 Å². The second-order valence-corrected chi connectivity index (χ2v) is 4.62. The predicted octanol–water partition coefficient (Wildman–Crippen LogP) is 3.30.